The van der Waals surface area contributed by atoms with Crippen LogP contribution in [0.1, 0.15) is 49.7 Å². The highest BCUT2D eigenvalue weighted by molar-refractivity contribution is 5.87. The molecule has 1 aromatic carbocycles. The third-order valence-corrected chi connectivity index (χ3v) is 7.01. The van der Waals surface area contributed by atoms with E-state index in [1.807, 2.05) is 0 Å². The Kier molecular flexibility index (Phi) is 3.53. The van der Waals surface area contributed by atoms with Gasteiger partial charge in [-0.15, -0.1) is 0 Å². The van der Waals surface area contributed by atoms with Gasteiger partial charge in [0.05, 0.1) is 7.11 Å². The van der Waals surface area contributed by atoms with Gasteiger partial charge in [-0.25, -0.2) is 0 Å². The highest BCUT2D eigenvalue weighted by Gasteiger charge is 2.58. The molecule has 3 heteroatoms. The third kappa shape index (κ3) is 2.09. The lowest BCUT2D eigenvalue weighted by atomic mass is 9.54. The van der Waals surface area contributed by atoms with E-state index in [2.05, 4.69) is 25.1 Å². The first kappa shape index (κ1) is 15.2. The Hall–Kier alpha value is -1.35. The zero-order valence-electron chi connectivity index (χ0n) is 14.0. The fourth-order valence-corrected chi connectivity index (χ4v) is 5.91. The topological polar surface area (TPSA) is 46.5 Å². The van der Waals surface area contributed by atoms with Crippen molar-refractivity contribution in [3.8, 4) is 5.75 Å². The van der Waals surface area contributed by atoms with Crippen LogP contribution in [-0.2, 0) is 11.2 Å². The van der Waals surface area contributed by atoms with Crippen molar-refractivity contribution >= 4 is 5.78 Å². The standard InChI is InChI=1S/C20H26O3/c1-20-8-7-16-15-6-4-14(23-2)9-12(15)3-5-17(16)19(20)13(11-21)10-18(20)22/h4,6,9,13,16-17,19,21H,3,5,7-8,10-11H2,1-2H3/t13-,16+,17+,19-,20+/m0/s1. The summed E-state index contributed by atoms with van der Waals surface area (Å²) in [6.45, 7) is 2.32. The number of Topliss-reactive ketones (excluding diaryl/α,β-unsaturated/α-hetero) is 1. The van der Waals surface area contributed by atoms with Crippen molar-refractivity contribution in [2.24, 2.45) is 23.2 Å². The summed E-state index contributed by atoms with van der Waals surface area (Å²) in [6.07, 6.45) is 4.85. The summed E-state index contributed by atoms with van der Waals surface area (Å²) >= 11 is 0. The van der Waals surface area contributed by atoms with E-state index < -0.39 is 0 Å². The van der Waals surface area contributed by atoms with Crippen molar-refractivity contribution in [1.29, 1.82) is 0 Å². The maximum absolute atomic E-state index is 12.6. The van der Waals surface area contributed by atoms with Crippen LogP contribution in [0, 0.1) is 23.2 Å². The number of hydrogen-bond acceptors (Lipinski definition) is 3. The van der Waals surface area contributed by atoms with Crippen molar-refractivity contribution in [2.75, 3.05) is 13.7 Å². The van der Waals surface area contributed by atoms with Crippen LogP contribution in [0.3, 0.4) is 0 Å². The summed E-state index contributed by atoms with van der Waals surface area (Å²) in [5, 5.41) is 9.82. The monoisotopic (exact) mass is 314 g/mol. The van der Waals surface area contributed by atoms with Gasteiger partial charge in [-0.05, 0) is 72.6 Å². The van der Waals surface area contributed by atoms with Gasteiger partial charge in [0.2, 0.25) is 0 Å². The molecule has 0 heterocycles. The quantitative estimate of drug-likeness (QED) is 0.910. The number of ether oxygens (including phenoxy) is 1. The number of methoxy groups -OCH3 is 1. The summed E-state index contributed by atoms with van der Waals surface area (Å²) in [5.41, 5.74) is 2.68. The molecule has 3 nitrogen and oxygen atoms in total. The largest absolute Gasteiger partial charge is 0.497 e. The minimum Gasteiger partial charge on any atom is -0.497 e. The number of fused-ring (bicyclic) bond motifs is 5. The van der Waals surface area contributed by atoms with Crippen molar-refractivity contribution in [1.82, 2.24) is 0 Å². The van der Waals surface area contributed by atoms with Crippen LogP contribution in [0.2, 0.25) is 0 Å². The molecule has 0 unspecified atom stereocenters. The van der Waals surface area contributed by atoms with E-state index in [0.717, 1.165) is 31.4 Å². The molecule has 0 aromatic heterocycles. The molecule has 4 rings (SSSR count). The normalized spacial score (nSPS) is 38.7. The maximum Gasteiger partial charge on any atom is 0.139 e. The molecule has 2 saturated carbocycles. The minimum atomic E-state index is -0.196. The molecule has 5 atom stereocenters. The number of carbonyl (C=O) groups excluding carboxylic acids is 1. The number of hydrogen-bond donors (Lipinski definition) is 1. The summed E-state index contributed by atoms with van der Waals surface area (Å²) in [4.78, 5) is 12.6. The first-order chi connectivity index (χ1) is 11.1. The van der Waals surface area contributed by atoms with E-state index in [9.17, 15) is 9.90 Å². The van der Waals surface area contributed by atoms with E-state index >= 15 is 0 Å². The Morgan fingerprint density at radius 3 is 2.91 bits per heavy atom. The fourth-order valence-electron chi connectivity index (χ4n) is 5.91. The van der Waals surface area contributed by atoms with E-state index in [-0.39, 0.29) is 17.9 Å². The SMILES string of the molecule is COc1ccc2c(c1)CC[C@H]1[C@@H]3[C@H](CO)CC(=O)[C@@]3(C)CC[C@H]21. The van der Waals surface area contributed by atoms with Crippen LogP contribution in [-0.4, -0.2) is 24.6 Å². The van der Waals surface area contributed by atoms with Crippen LogP contribution in [0.15, 0.2) is 18.2 Å². The van der Waals surface area contributed by atoms with E-state index in [4.69, 9.17) is 4.74 Å². The van der Waals surface area contributed by atoms with Gasteiger partial charge in [0.1, 0.15) is 11.5 Å². The summed E-state index contributed by atoms with van der Waals surface area (Å²) < 4.78 is 5.37. The molecule has 1 N–H and O–H groups in total. The number of aliphatic hydroxyl groups is 1. The second-order valence-corrected chi connectivity index (χ2v) is 7.93. The average molecular weight is 314 g/mol. The molecule has 1 aromatic rings. The summed E-state index contributed by atoms with van der Waals surface area (Å²) in [6, 6.07) is 6.49. The lowest BCUT2D eigenvalue weighted by Crippen LogP contribution is -2.44. The third-order valence-electron chi connectivity index (χ3n) is 7.01. The lowest BCUT2D eigenvalue weighted by Gasteiger charge is -2.49. The lowest BCUT2D eigenvalue weighted by molar-refractivity contribution is -0.129. The first-order valence-corrected chi connectivity index (χ1v) is 8.89. The number of ketones is 1. The first-order valence-electron chi connectivity index (χ1n) is 8.89. The molecule has 0 radical (unpaired) electrons. The van der Waals surface area contributed by atoms with Crippen LogP contribution >= 0.6 is 0 Å². The number of rotatable bonds is 2. The molecule has 0 saturated heterocycles. The second kappa shape index (κ2) is 5.34. The van der Waals surface area contributed by atoms with Gasteiger partial charge < -0.3 is 9.84 Å². The van der Waals surface area contributed by atoms with E-state index in [0.29, 0.717) is 30.0 Å². The minimum absolute atomic E-state index is 0.157. The molecular formula is C20H26O3. The Bertz CT molecular complexity index is 638. The van der Waals surface area contributed by atoms with Gasteiger partial charge in [0.25, 0.3) is 0 Å². The van der Waals surface area contributed by atoms with Gasteiger partial charge in [0, 0.05) is 18.4 Å². The van der Waals surface area contributed by atoms with Gasteiger partial charge in [-0.3, -0.25) is 4.79 Å². The highest BCUT2D eigenvalue weighted by atomic mass is 16.5. The zero-order chi connectivity index (χ0) is 16.2. The summed E-state index contributed by atoms with van der Waals surface area (Å²) in [5.74, 6) is 2.93. The van der Waals surface area contributed by atoms with Gasteiger partial charge in [-0.2, -0.15) is 0 Å². The Morgan fingerprint density at radius 2 is 2.17 bits per heavy atom. The van der Waals surface area contributed by atoms with E-state index in [1.165, 1.54) is 11.1 Å². The molecule has 2 fully saturated rings. The molecule has 124 valence electrons. The van der Waals surface area contributed by atoms with E-state index in [1.54, 1.807) is 7.11 Å². The molecule has 0 amide bonds. The Labute approximate surface area is 138 Å². The van der Waals surface area contributed by atoms with Crippen molar-refractivity contribution in [3.63, 3.8) is 0 Å². The van der Waals surface area contributed by atoms with Crippen LogP contribution < -0.4 is 4.74 Å². The smallest absolute Gasteiger partial charge is 0.139 e. The molecular weight excluding hydrogens is 288 g/mol. The zero-order valence-corrected chi connectivity index (χ0v) is 14.0. The predicted octanol–water partition coefficient (Wildman–Crippen LogP) is 3.34. The number of aryl methyl sites for hydroxylation is 1. The second-order valence-electron chi connectivity index (χ2n) is 7.93. The van der Waals surface area contributed by atoms with Gasteiger partial charge in [0.15, 0.2) is 0 Å². The van der Waals surface area contributed by atoms with Crippen molar-refractivity contribution in [2.45, 2.75) is 44.9 Å². The predicted molar refractivity (Wildman–Crippen MR) is 88.6 cm³/mol. The molecule has 0 spiro atoms. The highest BCUT2D eigenvalue weighted by Crippen LogP contribution is 2.61. The number of carbonyl (C=O) groups is 1. The summed E-state index contributed by atoms with van der Waals surface area (Å²) in [7, 11) is 1.72. The molecule has 0 aliphatic heterocycles. The average Bonchev–Trinajstić information content (AvgIpc) is 2.85. The molecule has 3 aliphatic carbocycles. The van der Waals surface area contributed by atoms with Crippen LogP contribution in [0.25, 0.3) is 0 Å². The van der Waals surface area contributed by atoms with Crippen LogP contribution in [0.4, 0.5) is 0 Å². The maximum atomic E-state index is 12.6. The molecule has 23 heavy (non-hydrogen) atoms. The van der Waals surface area contributed by atoms with Crippen molar-refractivity contribution < 1.29 is 14.6 Å². The van der Waals surface area contributed by atoms with Gasteiger partial charge in [-0.1, -0.05) is 13.0 Å². The fraction of sp³-hybridized carbons (Fsp3) is 0.650. The molecule has 0 bridgehead atoms. The van der Waals surface area contributed by atoms with Crippen molar-refractivity contribution in [3.05, 3.63) is 29.3 Å². The number of aliphatic hydroxyl groups excluding tert-OH is 1. The van der Waals surface area contributed by atoms with Crippen LogP contribution in [0.5, 0.6) is 5.75 Å². The van der Waals surface area contributed by atoms with Gasteiger partial charge >= 0.3 is 0 Å². The number of benzene rings is 1. The Morgan fingerprint density at radius 1 is 1.35 bits per heavy atom. The Balaban J connectivity index is 1.72. The molecule has 3 aliphatic rings.